The van der Waals surface area contributed by atoms with E-state index < -0.39 is 36.0 Å². The van der Waals surface area contributed by atoms with Crippen molar-refractivity contribution in [3.05, 3.63) is 36.0 Å². The van der Waals surface area contributed by atoms with Gasteiger partial charge in [0.25, 0.3) is 0 Å². The van der Waals surface area contributed by atoms with Gasteiger partial charge in [-0.15, -0.1) is 0 Å². The minimum atomic E-state index is -1.46. The molecule has 0 unspecified atom stereocenters. The molecular weight excluding hydrogens is 554 g/mol. The molecule has 6 atom stereocenters. The van der Waals surface area contributed by atoms with Gasteiger partial charge in [-0.2, -0.15) is 0 Å². The van der Waals surface area contributed by atoms with Crippen LogP contribution in [-0.2, 0) is 19.0 Å². The Kier molecular flexibility index (Phi) is 13.1. The van der Waals surface area contributed by atoms with Crippen LogP contribution in [0, 0.1) is 11.8 Å². The van der Waals surface area contributed by atoms with Crippen molar-refractivity contribution in [2.24, 2.45) is 11.8 Å². The van der Waals surface area contributed by atoms with Crippen LogP contribution in [0.4, 0.5) is 9.59 Å². The summed E-state index contributed by atoms with van der Waals surface area (Å²) in [7, 11) is 2.00. The number of rotatable bonds is 6. The quantitative estimate of drug-likeness (QED) is 0.202. The second-order valence-corrected chi connectivity index (χ2v) is 12.5. The number of hydrogen-bond acceptors (Lipinski definition) is 9. The van der Waals surface area contributed by atoms with Crippen molar-refractivity contribution in [3.63, 3.8) is 0 Å². The molecule has 2 fully saturated rings. The maximum atomic E-state index is 13.0. The molecular formula is C32H51N3O8. The highest BCUT2D eigenvalue weighted by atomic mass is 16.6. The number of cyclic esters (lactones) is 1. The summed E-state index contributed by atoms with van der Waals surface area (Å²) in [6.07, 6.45) is 7.76. The Labute approximate surface area is 256 Å². The van der Waals surface area contributed by atoms with Gasteiger partial charge in [0.05, 0.1) is 19.1 Å². The van der Waals surface area contributed by atoms with Crippen LogP contribution in [0.1, 0.15) is 59.8 Å². The zero-order valence-corrected chi connectivity index (χ0v) is 26.4. The molecule has 0 saturated carbocycles. The van der Waals surface area contributed by atoms with E-state index in [1.54, 1.807) is 28.9 Å². The fourth-order valence-corrected chi connectivity index (χ4v) is 5.36. The summed E-state index contributed by atoms with van der Waals surface area (Å²) in [6.45, 7) is 11.6. The zero-order valence-electron chi connectivity index (χ0n) is 26.4. The number of aliphatic hydroxyl groups excluding tert-OH is 1. The van der Waals surface area contributed by atoms with E-state index in [1.807, 2.05) is 46.0 Å². The zero-order chi connectivity index (χ0) is 31.6. The molecule has 3 aliphatic rings. The van der Waals surface area contributed by atoms with Crippen LogP contribution in [0.15, 0.2) is 36.0 Å². The molecule has 0 aromatic heterocycles. The maximum Gasteiger partial charge on any atom is 0.410 e. The first-order chi connectivity index (χ1) is 20.4. The van der Waals surface area contributed by atoms with Crippen LogP contribution in [0.5, 0.6) is 0 Å². The van der Waals surface area contributed by atoms with E-state index in [-0.39, 0.29) is 43.8 Å². The standard InChI is InChI=1S/C32H51N3O8/c1-23(22-41-30(38)34-15-6-7-16-34)9-8-10-24(2)29-25(3)11-12-27(42-31(39)35-19-17-33(5)18-20-35)32(4,40)14-13-26(36)21-28(37)43-29/h8-12,23,25-27,29,36,40H,6-7,13-22H2,1-5H3/b9-8+,12-11-,24-10+/t23-,25+,26+,27+,29-,32-/m1/s1. The number of amides is 2. The molecule has 2 saturated heterocycles. The molecule has 0 spiro atoms. The molecule has 3 heterocycles. The lowest BCUT2D eigenvalue weighted by Crippen LogP contribution is -2.50. The van der Waals surface area contributed by atoms with Gasteiger partial charge in [0.2, 0.25) is 0 Å². The summed E-state index contributed by atoms with van der Waals surface area (Å²) in [5.41, 5.74) is -0.688. The second kappa shape index (κ2) is 16.3. The predicted molar refractivity (Wildman–Crippen MR) is 162 cm³/mol. The summed E-state index contributed by atoms with van der Waals surface area (Å²) >= 11 is 0. The Balaban J connectivity index is 1.71. The van der Waals surface area contributed by atoms with Gasteiger partial charge in [-0.1, -0.05) is 38.2 Å². The number of aliphatic hydroxyl groups is 2. The molecule has 0 aliphatic carbocycles. The van der Waals surface area contributed by atoms with Crippen molar-refractivity contribution in [1.29, 1.82) is 0 Å². The van der Waals surface area contributed by atoms with Crippen LogP contribution in [-0.4, -0.2) is 120 Å². The monoisotopic (exact) mass is 605 g/mol. The van der Waals surface area contributed by atoms with Crippen molar-refractivity contribution in [2.75, 3.05) is 52.9 Å². The third-order valence-corrected chi connectivity index (χ3v) is 8.40. The number of ether oxygens (including phenoxy) is 3. The summed E-state index contributed by atoms with van der Waals surface area (Å²) in [5, 5.41) is 21.9. The Morgan fingerprint density at radius 3 is 2.44 bits per heavy atom. The SMILES string of the molecule is C/C(=C\C=C\[C@@H](C)COC(=O)N1CCCC1)[C@H]1OC(=O)C[C@@H](O)CC[C@@](C)(O)[C@@H](OC(=O)N2CCN(C)CC2)/C=C\[C@@H]1C. The highest BCUT2D eigenvalue weighted by molar-refractivity contribution is 5.70. The number of carbonyl (C=O) groups is 3. The van der Waals surface area contributed by atoms with Gasteiger partial charge < -0.3 is 39.1 Å². The summed E-state index contributed by atoms with van der Waals surface area (Å²) in [6, 6.07) is 0. The van der Waals surface area contributed by atoms with E-state index in [0.717, 1.165) is 44.6 Å². The second-order valence-electron chi connectivity index (χ2n) is 12.5. The Hall–Kier alpha value is -2.89. The molecule has 2 N–H and O–H groups in total. The van der Waals surface area contributed by atoms with Crippen molar-refractivity contribution in [1.82, 2.24) is 14.7 Å². The lowest BCUT2D eigenvalue weighted by Gasteiger charge is -2.36. The molecule has 0 aromatic rings. The van der Waals surface area contributed by atoms with E-state index in [9.17, 15) is 24.6 Å². The summed E-state index contributed by atoms with van der Waals surface area (Å²) in [5.74, 6) is -0.875. The summed E-state index contributed by atoms with van der Waals surface area (Å²) < 4.78 is 17.1. The van der Waals surface area contributed by atoms with E-state index in [0.29, 0.717) is 13.1 Å². The minimum Gasteiger partial charge on any atom is -0.457 e. The van der Waals surface area contributed by atoms with Crippen LogP contribution in [0.25, 0.3) is 0 Å². The van der Waals surface area contributed by atoms with Crippen molar-refractivity contribution in [2.45, 2.75) is 83.7 Å². The van der Waals surface area contributed by atoms with Gasteiger partial charge in [-0.05, 0) is 58.2 Å². The predicted octanol–water partition coefficient (Wildman–Crippen LogP) is 3.51. The van der Waals surface area contributed by atoms with Crippen LogP contribution < -0.4 is 0 Å². The largest absolute Gasteiger partial charge is 0.457 e. The molecule has 43 heavy (non-hydrogen) atoms. The first-order valence-electron chi connectivity index (χ1n) is 15.5. The van der Waals surface area contributed by atoms with E-state index in [2.05, 4.69) is 4.90 Å². The maximum absolute atomic E-state index is 13.0. The fourth-order valence-electron chi connectivity index (χ4n) is 5.36. The number of esters is 1. The lowest BCUT2D eigenvalue weighted by atomic mass is 9.89. The fraction of sp³-hybridized carbons (Fsp3) is 0.719. The van der Waals surface area contributed by atoms with Crippen molar-refractivity contribution < 1.29 is 38.8 Å². The van der Waals surface area contributed by atoms with Gasteiger partial charge in [-0.3, -0.25) is 4.79 Å². The number of nitrogens with zero attached hydrogens (tertiary/aromatic N) is 3. The Bertz CT molecular complexity index is 1030. The van der Waals surface area contributed by atoms with Crippen LogP contribution >= 0.6 is 0 Å². The van der Waals surface area contributed by atoms with E-state index in [1.165, 1.54) is 0 Å². The molecule has 11 heteroatoms. The Morgan fingerprint density at radius 2 is 1.77 bits per heavy atom. The van der Waals surface area contributed by atoms with Gasteiger partial charge in [-0.25, -0.2) is 9.59 Å². The number of piperazine rings is 1. The average Bonchev–Trinajstić information content (AvgIpc) is 3.50. The van der Waals surface area contributed by atoms with Crippen molar-refractivity contribution >= 4 is 18.2 Å². The molecule has 3 aliphatic heterocycles. The minimum absolute atomic E-state index is 0.0140. The molecule has 2 amide bonds. The molecule has 0 aromatic carbocycles. The lowest BCUT2D eigenvalue weighted by molar-refractivity contribution is -0.151. The third-order valence-electron chi connectivity index (χ3n) is 8.40. The van der Waals surface area contributed by atoms with Gasteiger partial charge in [0, 0.05) is 51.1 Å². The van der Waals surface area contributed by atoms with Gasteiger partial charge in [0.1, 0.15) is 11.7 Å². The number of likely N-dealkylation sites (tertiary alicyclic amines) is 1. The van der Waals surface area contributed by atoms with Crippen LogP contribution in [0.2, 0.25) is 0 Å². The smallest absolute Gasteiger partial charge is 0.410 e. The topological polar surface area (TPSA) is 129 Å². The molecule has 3 rings (SSSR count). The normalized spacial score (nSPS) is 31.6. The molecule has 0 bridgehead atoms. The summed E-state index contributed by atoms with van der Waals surface area (Å²) in [4.78, 5) is 43.4. The number of allylic oxidation sites excluding steroid dienone is 2. The first-order valence-corrected chi connectivity index (χ1v) is 15.5. The first kappa shape index (κ1) is 34.6. The average molecular weight is 606 g/mol. The highest BCUT2D eigenvalue weighted by Gasteiger charge is 2.36. The number of carbonyl (C=O) groups excluding carboxylic acids is 3. The van der Waals surface area contributed by atoms with E-state index >= 15 is 0 Å². The molecule has 242 valence electrons. The van der Waals surface area contributed by atoms with Gasteiger partial charge >= 0.3 is 18.2 Å². The van der Waals surface area contributed by atoms with E-state index in [4.69, 9.17) is 14.2 Å². The van der Waals surface area contributed by atoms with Crippen LogP contribution in [0.3, 0.4) is 0 Å². The molecule has 11 nitrogen and oxygen atoms in total. The number of hydrogen-bond donors (Lipinski definition) is 2. The Morgan fingerprint density at radius 1 is 1.12 bits per heavy atom. The third kappa shape index (κ3) is 11.0. The number of likely N-dealkylation sites (N-methyl/N-ethyl adjacent to an activating group) is 1. The molecule has 0 radical (unpaired) electrons. The highest BCUT2D eigenvalue weighted by Crippen LogP contribution is 2.27. The van der Waals surface area contributed by atoms with Crippen molar-refractivity contribution in [3.8, 4) is 0 Å². The van der Waals surface area contributed by atoms with Gasteiger partial charge in [0.15, 0.2) is 6.10 Å².